The Hall–Kier alpha value is -1.65. The average Bonchev–Trinajstić information content (AvgIpc) is 2.80. The molecule has 0 spiro atoms. The standard InChI is InChI=1S/C14H22N4O/c1-14(2,3)16-13(19)11-8-9-12(18-17-11)15-10-6-4-5-7-10/h8-10H,4-7H2,1-3H3,(H,15,18)(H,16,19). The van der Waals surface area contributed by atoms with Crippen molar-refractivity contribution in [2.45, 2.75) is 58.0 Å². The molecule has 0 bridgehead atoms. The molecule has 1 aliphatic carbocycles. The third-order valence-corrected chi connectivity index (χ3v) is 3.09. The summed E-state index contributed by atoms with van der Waals surface area (Å²) in [6.45, 7) is 5.82. The molecule has 104 valence electrons. The molecule has 2 N–H and O–H groups in total. The van der Waals surface area contributed by atoms with Crippen LogP contribution in [0.2, 0.25) is 0 Å². The highest BCUT2D eigenvalue weighted by Crippen LogP contribution is 2.21. The quantitative estimate of drug-likeness (QED) is 0.877. The van der Waals surface area contributed by atoms with Gasteiger partial charge >= 0.3 is 0 Å². The van der Waals surface area contributed by atoms with Gasteiger partial charge in [-0.25, -0.2) is 0 Å². The van der Waals surface area contributed by atoms with E-state index in [2.05, 4.69) is 20.8 Å². The van der Waals surface area contributed by atoms with Gasteiger partial charge in [0.2, 0.25) is 0 Å². The van der Waals surface area contributed by atoms with Crippen LogP contribution in [-0.4, -0.2) is 27.7 Å². The van der Waals surface area contributed by atoms with Gasteiger partial charge in [0.15, 0.2) is 5.69 Å². The summed E-state index contributed by atoms with van der Waals surface area (Å²) in [5.41, 5.74) is 0.0893. The maximum Gasteiger partial charge on any atom is 0.272 e. The number of anilines is 1. The van der Waals surface area contributed by atoms with Gasteiger partial charge in [-0.1, -0.05) is 12.8 Å². The van der Waals surface area contributed by atoms with E-state index >= 15 is 0 Å². The summed E-state index contributed by atoms with van der Waals surface area (Å²) in [5.74, 6) is 0.562. The van der Waals surface area contributed by atoms with Crippen molar-refractivity contribution >= 4 is 11.7 Å². The zero-order valence-electron chi connectivity index (χ0n) is 11.9. The second-order valence-corrected chi connectivity index (χ2v) is 6.13. The number of carbonyl (C=O) groups is 1. The van der Waals surface area contributed by atoms with Crippen LogP contribution in [0.1, 0.15) is 56.9 Å². The third-order valence-electron chi connectivity index (χ3n) is 3.09. The SMILES string of the molecule is CC(C)(C)NC(=O)c1ccc(NC2CCCC2)nn1. The maximum absolute atomic E-state index is 11.9. The van der Waals surface area contributed by atoms with Crippen molar-refractivity contribution in [3.05, 3.63) is 17.8 Å². The Morgan fingerprint density at radius 3 is 2.42 bits per heavy atom. The van der Waals surface area contributed by atoms with Gasteiger partial charge in [0, 0.05) is 11.6 Å². The number of amides is 1. The first-order chi connectivity index (χ1) is 8.94. The van der Waals surface area contributed by atoms with Crippen LogP contribution in [0.15, 0.2) is 12.1 Å². The number of hydrogen-bond acceptors (Lipinski definition) is 4. The van der Waals surface area contributed by atoms with Crippen molar-refractivity contribution in [2.75, 3.05) is 5.32 Å². The lowest BCUT2D eigenvalue weighted by atomic mass is 10.1. The second kappa shape index (κ2) is 5.55. The first-order valence-electron chi connectivity index (χ1n) is 6.87. The third kappa shape index (κ3) is 4.19. The smallest absolute Gasteiger partial charge is 0.272 e. The van der Waals surface area contributed by atoms with Crippen molar-refractivity contribution in [3.8, 4) is 0 Å². The number of aromatic nitrogens is 2. The number of hydrogen-bond donors (Lipinski definition) is 2. The lowest BCUT2D eigenvalue weighted by Crippen LogP contribution is -2.41. The highest BCUT2D eigenvalue weighted by Gasteiger charge is 2.18. The van der Waals surface area contributed by atoms with Gasteiger partial charge in [-0.05, 0) is 45.7 Å². The van der Waals surface area contributed by atoms with Crippen LogP contribution >= 0.6 is 0 Å². The van der Waals surface area contributed by atoms with Gasteiger partial charge < -0.3 is 10.6 Å². The molecule has 1 fully saturated rings. The Labute approximate surface area is 114 Å². The molecule has 19 heavy (non-hydrogen) atoms. The first-order valence-corrected chi connectivity index (χ1v) is 6.87. The van der Waals surface area contributed by atoms with E-state index in [9.17, 15) is 4.79 Å². The molecule has 0 unspecified atom stereocenters. The molecule has 1 heterocycles. The number of carbonyl (C=O) groups excluding carboxylic acids is 1. The van der Waals surface area contributed by atoms with E-state index in [4.69, 9.17) is 0 Å². The Morgan fingerprint density at radius 1 is 1.21 bits per heavy atom. The fourth-order valence-electron chi connectivity index (χ4n) is 2.21. The van der Waals surface area contributed by atoms with Crippen LogP contribution in [0.5, 0.6) is 0 Å². The monoisotopic (exact) mass is 262 g/mol. The van der Waals surface area contributed by atoms with E-state index < -0.39 is 0 Å². The summed E-state index contributed by atoms with van der Waals surface area (Å²) in [4.78, 5) is 11.9. The van der Waals surface area contributed by atoms with Gasteiger partial charge in [-0.15, -0.1) is 10.2 Å². The van der Waals surface area contributed by atoms with E-state index in [-0.39, 0.29) is 11.4 Å². The van der Waals surface area contributed by atoms with E-state index in [1.54, 1.807) is 6.07 Å². The van der Waals surface area contributed by atoms with Crippen molar-refractivity contribution in [1.82, 2.24) is 15.5 Å². The molecule has 1 aliphatic rings. The van der Waals surface area contributed by atoms with Crippen LogP contribution < -0.4 is 10.6 Å². The minimum Gasteiger partial charge on any atom is -0.366 e. The van der Waals surface area contributed by atoms with E-state index in [0.717, 1.165) is 5.82 Å². The molecule has 1 saturated carbocycles. The molecule has 0 aromatic carbocycles. The van der Waals surface area contributed by atoms with Crippen LogP contribution in [0.25, 0.3) is 0 Å². The Morgan fingerprint density at radius 2 is 1.89 bits per heavy atom. The molecule has 0 atom stereocenters. The molecule has 1 aromatic heterocycles. The fraction of sp³-hybridized carbons (Fsp3) is 0.643. The predicted molar refractivity (Wildman–Crippen MR) is 75.1 cm³/mol. The number of nitrogens with one attached hydrogen (secondary N) is 2. The molecule has 0 aliphatic heterocycles. The van der Waals surface area contributed by atoms with Crippen molar-refractivity contribution < 1.29 is 4.79 Å². The molecule has 0 radical (unpaired) electrons. The summed E-state index contributed by atoms with van der Waals surface area (Å²) < 4.78 is 0. The largest absolute Gasteiger partial charge is 0.366 e. The lowest BCUT2D eigenvalue weighted by Gasteiger charge is -2.20. The Balaban J connectivity index is 1.95. The zero-order valence-corrected chi connectivity index (χ0v) is 11.9. The van der Waals surface area contributed by atoms with Gasteiger partial charge in [0.25, 0.3) is 5.91 Å². The van der Waals surface area contributed by atoms with Crippen LogP contribution in [-0.2, 0) is 0 Å². The van der Waals surface area contributed by atoms with Crippen LogP contribution in [0.4, 0.5) is 5.82 Å². The van der Waals surface area contributed by atoms with Gasteiger partial charge in [-0.2, -0.15) is 0 Å². The molecule has 1 aromatic rings. The highest BCUT2D eigenvalue weighted by molar-refractivity contribution is 5.92. The van der Waals surface area contributed by atoms with Crippen molar-refractivity contribution in [1.29, 1.82) is 0 Å². The van der Waals surface area contributed by atoms with Crippen molar-refractivity contribution in [2.24, 2.45) is 0 Å². The Bertz CT molecular complexity index is 430. The minimum absolute atomic E-state index is 0.188. The number of rotatable bonds is 3. The van der Waals surface area contributed by atoms with Gasteiger partial charge in [-0.3, -0.25) is 4.79 Å². The number of nitrogens with zero attached hydrogens (tertiary/aromatic N) is 2. The van der Waals surface area contributed by atoms with E-state index in [1.807, 2.05) is 26.8 Å². The summed E-state index contributed by atoms with van der Waals surface area (Å²) in [7, 11) is 0. The van der Waals surface area contributed by atoms with Crippen molar-refractivity contribution in [3.63, 3.8) is 0 Å². The lowest BCUT2D eigenvalue weighted by molar-refractivity contribution is 0.0913. The molecule has 5 heteroatoms. The topological polar surface area (TPSA) is 66.9 Å². The van der Waals surface area contributed by atoms with E-state index in [0.29, 0.717) is 11.7 Å². The summed E-state index contributed by atoms with van der Waals surface area (Å²) in [5, 5.41) is 14.3. The maximum atomic E-state index is 11.9. The predicted octanol–water partition coefficient (Wildman–Crippen LogP) is 2.36. The fourth-order valence-corrected chi connectivity index (χ4v) is 2.21. The molecule has 1 amide bonds. The average molecular weight is 262 g/mol. The molecule has 2 rings (SSSR count). The zero-order chi connectivity index (χ0) is 13.9. The molecule has 0 saturated heterocycles. The van der Waals surface area contributed by atoms with E-state index in [1.165, 1.54) is 25.7 Å². The molecular formula is C14H22N4O. The summed E-state index contributed by atoms with van der Waals surface area (Å²) in [6, 6.07) is 4.04. The Kier molecular flexibility index (Phi) is 4.02. The molecule has 5 nitrogen and oxygen atoms in total. The minimum atomic E-state index is -0.264. The van der Waals surface area contributed by atoms with Gasteiger partial charge in [0.1, 0.15) is 5.82 Å². The summed E-state index contributed by atoms with van der Waals surface area (Å²) in [6.07, 6.45) is 4.93. The van der Waals surface area contributed by atoms with Crippen LogP contribution in [0.3, 0.4) is 0 Å². The first kappa shape index (κ1) is 13.8. The van der Waals surface area contributed by atoms with Gasteiger partial charge in [0.05, 0.1) is 0 Å². The second-order valence-electron chi connectivity index (χ2n) is 6.13. The molecular weight excluding hydrogens is 240 g/mol. The summed E-state index contributed by atoms with van der Waals surface area (Å²) >= 11 is 0. The highest BCUT2D eigenvalue weighted by atomic mass is 16.2. The van der Waals surface area contributed by atoms with Crippen LogP contribution in [0, 0.1) is 0 Å². The normalized spacial score (nSPS) is 16.4.